The second-order valence-corrected chi connectivity index (χ2v) is 9.04. The zero-order chi connectivity index (χ0) is 26.1. The van der Waals surface area contributed by atoms with Crippen LogP contribution in [0.3, 0.4) is 0 Å². The number of fused-ring (bicyclic) bond motifs is 1. The van der Waals surface area contributed by atoms with Gasteiger partial charge in [0, 0.05) is 38.4 Å². The van der Waals surface area contributed by atoms with Crippen molar-refractivity contribution >= 4 is 28.8 Å². The van der Waals surface area contributed by atoms with Crippen LogP contribution in [0.1, 0.15) is 23.0 Å². The summed E-state index contributed by atoms with van der Waals surface area (Å²) in [7, 11) is 0. The average molecular weight is 511 g/mol. The Balaban J connectivity index is 1.59. The quantitative estimate of drug-likeness (QED) is 0.456. The van der Waals surface area contributed by atoms with Crippen molar-refractivity contribution in [2.24, 2.45) is 0 Å². The number of morpholine rings is 1. The van der Waals surface area contributed by atoms with Crippen molar-refractivity contribution < 1.29 is 23.8 Å². The minimum absolute atomic E-state index is 0.0199. The van der Waals surface area contributed by atoms with Gasteiger partial charge in [-0.25, -0.2) is 9.37 Å². The molecule has 2 amide bonds. The number of hydrogen-bond donors (Lipinski definition) is 3. The minimum atomic E-state index is -0.830. The number of pyridine rings is 1. The van der Waals surface area contributed by atoms with E-state index in [1.54, 1.807) is 12.3 Å². The number of carbonyl (C=O) groups is 2. The van der Waals surface area contributed by atoms with Crippen molar-refractivity contribution in [3.63, 3.8) is 0 Å². The lowest BCUT2D eigenvalue weighted by Gasteiger charge is -2.36. The van der Waals surface area contributed by atoms with Crippen LogP contribution in [0.4, 0.5) is 15.8 Å². The average Bonchev–Trinajstić information content (AvgIpc) is 2.90. The standard InChI is InChI=1S/C25H27FN6O5/c1-15-14-37-9-8-30(15)18-10-19(31-7-6-27-12-20(31)33)23-29-21(22(34)25(36)32(23)13-18)24(35)28-11-16-2-4-17(26)5-3-16/h2-5,10,13,15,27,34H,6-9,11-12,14H2,1H3,(H,28,35). The molecule has 5 rings (SSSR count). The second kappa shape index (κ2) is 10.1. The topological polar surface area (TPSA) is 129 Å². The number of carbonyl (C=O) groups excluding carboxylic acids is 2. The van der Waals surface area contributed by atoms with E-state index in [1.165, 1.54) is 33.6 Å². The number of rotatable bonds is 5. The number of halogens is 1. The van der Waals surface area contributed by atoms with Crippen molar-refractivity contribution in [3.05, 3.63) is 64.0 Å². The van der Waals surface area contributed by atoms with Crippen LogP contribution in [0.2, 0.25) is 0 Å². The van der Waals surface area contributed by atoms with Gasteiger partial charge >= 0.3 is 5.56 Å². The summed E-state index contributed by atoms with van der Waals surface area (Å²) in [5, 5.41) is 16.3. The van der Waals surface area contributed by atoms with Gasteiger partial charge in [0.2, 0.25) is 11.7 Å². The molecule has 11 nitrogen and oxygen atoms in total. The van der Waals surface area contributed by atoms with Crippen LogP contribution in [0, 0.1) is 5.82 Å². The van der Waals surface area contributed by atoms with Gasteiger partial charge in [0.15, 0.2) is 11.3 Å². The summed E-state index contributed by atoms with van der Waals surface area (Å²) < 4.78 is 19.9. The predicted molar refractivity (Wildman–Crippen MR) is 134 cm³/mol. The van der Waals surface area contributed by atoms with E-state index >= 15 is 0 Å². The second-order valence-electron chi connectivity index (χ2n) is 9.04. The van der Waals surface area contributed by atoms with Gasteiger partial charge in [0.25, 0.3) is 5.91 Å². The zero-order valence-corrected chi connectivity index (χ0v) is 20.2. The van der Waals surface area contributed by atoms with E-state index in [0.29, 0.717) is 49.8 Å². The lowest BCUT2D eigenvalue weighted by Crippen LogP contribution is -2.49. The number of piperazine rings is 1. The van der Waals surface area contributed by atoms with Crippen molar-refractivity contribution in [1.82, 2.24) is 20.0 Å². The predicted octanol–water partition coefficient (Wildman–Crippen LogP) is 0.631. The number of aromatic hydroxyl groups is 1. The molecule has 0 spiro atoms. The molecule has 2 aliphatic heterocycles. The van der Waals surface area contributed by atoms with E-state index in [4.69, 9.17) is 4.74 Å². The number of nitrogens with one attached hydrogen (secondary N) is 2. The molecule has 0 aliphatic carbocycles. The summed E-state index contributed by atoms with van der Waals surface area (Å²) in [6.07, 6.45) is 1.56. The Bertz CT molecular complexity index is 1410. The smallest absolute Gasteiger partial charge is 0.301 e. The molecule has 2 aliphatic rings. The van der Waals surface area contributed by atoms with E-state index in [2.05, 4.69) is 20.5 Å². The van der Waals surface area contributed by atoms with Crippen molar-refractivity contribution in [2.75, 3.05) is 49.2 Å². The highest BCUT2D eigenvalue weighted by Gasteiger charge is 2.28. The van der Waals surface area contributed by atoms with Gasteiger partial charge in [-0.1, -0.05) is 12.1 Å². The molecule has 0 bridgehead atoms. The molecule has 2 fully saturated rings. The summed E-state index contributed by atoms with van der Waals surface area (Å²) in [6, 6.07) is 7.36. The number of aromatic nitrogens is 2. The van der Waals surface area contributed by atoms with Crippen LogP contribution in [-0.2, 0) is 16.1 Å². The van der Waals surface area contributed by atoms with Crippen LogP contribution in [0.25, 0.3) is 5.65 Å². The summed E-state index contributed by atoms with van der Waals surface area (Å²) in [5.74, 6) is -2.19. The van der Waals surface area contributed by atoms with E-state index < -0.39 is 28.7 Å². The first-order valence-electron chi connectivity index (χ1n) is 12.0. The van der Waals surface area contributed by atoms with Crippen LogP contribution >= 0.6 is 0 Å². The molecule has 2 saturated heterocycles. The molecule has 0 radical (unpaired) electrons. The Kier molecular flexibility index (Phi) is 6.76. The van der Waals surface area contributed by atoms with Gasteiger partial charge in [-0.15, -0.1) is 0 Å². The Morgan fingerprint density at radius 3 is 2.78 bits per heavy atom. The molecule has 0 saturated carbocycles. The third-order valence-electron chi connectivity index (χ3n) is 6.53. The highest BCUT2D eigenvalue weighted by atomic mass is 19.1. The van der Waals surface area contributed by atoms with E-state index in [9.17, 15) is 23.9 Å². The molecule has 37 heavy (non-hydrogen) atoms. The summed E-state index contributed by atoms with van der Waals surface area (Å²) >= 11 is 0. The molecule has 1 unspecified atom stereocenters. The third-order valence-corrected chi connectivity index (χ3v) is 6.53. The van der Waals surface area contributed by atoms with Gasteiger partial charge in [0.1, 0.15) is 5.82 Å². The fourth-order valence-corrected chi connectivity index (χ4v) is 4.55. The first-order valence-corrected chi connectivity index (χ1v) is 12.0. The Hall–Kier alpha value is -4.03. The summed E-state index contributed by atoms with van der Waals surface area (Å²) in [4.78, 5) is 47.0. The highest BCUT2D eigenvalue weighted by molar-refractivity contribution is 6.00. The van der Waals surface area contributed by atoms with Gasteiger partial charge < -0.3 is 30.3 Å². The maximum Gasteiger partial charge on any atom is 0.301 e. The maximum absolute atomic E-state index is 13.3. The molecular weight excluding hydrogens is 483 g/mol. The molecule has 1 aromatic carbocycles. The molecule has 4 heterocycles. The number of benzene rings is 1. The SMILES string of the molecule is CC1COCCN1c1cc(N2CCNCC2=O)c2nc(C(=O)NCc3ccc(F)cc3)c(O)c(=O)n2c1. The van der Waals surface area contributed by atoms with E-state index in [0.717, 1.165) is 0 Å². The molecular formula is C25H27FN6O5. The molecule has 3 N–H and O–H groups in total. The van der Waals surface area contributed by atoms with Gasteiger partial charge in [-0.3, -0.25) is 18.8 Å². The van der Waals surface area contributed by atoms with E-state index in [1.807, 2.05) is 6.92 Å². The van der Waals surface area contributed by atoms with Crippen molar-refractivity contribution in [2.45, 2.75) is 19.5 Å². The van der Waals surface area contributed by atoms with Crippen LogP contribution in [0.15, 0.2) is 41.3 Å². The Morgan fingerprint density at radius 2 is 2.05 bits per heavy atom. The fraction of sp³-hybridized carbons (Fsp3) is 0.360. The van der Waals surface area contributed by atoms with Gasteiger partial charge in [-0.05, 0) is 30.7 Å². The lowest BCUT2D eigenvalue weighted by atomic mass is 10.2. The van der Waals surface area contributed by atoms with Gasteiger partial charge in [-0.2, -0.15) is 0 Å². The number of nitrogens with zero attached hydrogens (tertiary/aromatic N) is 4. The Morgan fingerprint density at radius 1 is 1.27 bits per heavy atom. The maximum atomic E-state index is 13.3. The summed E-state index contributed by atoms with van der Waals surface area (Å²) in [5.41, 5.74) is 0.457. The Labute approximate surface area is 211 Å². The fourth-order valence-electron chi connectivity index (χ4n) is 4.55. The monoisotopic (exact) mass is 510 g/mol. The van der Waals surface area contributed by atoms with Crippen LogP contribution in [0.5, 0.6) is 5.75 Å². The lowest BCUT2D eigenvalue weighted by molar-refractivity contribution is -0.118. The third kappa shape index (κ3) is 4.85. The van der Waals surface area contributed by atoms with Crippen molar-refractivity contribution in [3.8, 4) is 5.75 Å². The normalized spacial score (nSPS) is 18.3. The first kappa shape index (κ1) is 24.7. The number of ether oxygens (including phenoxy) is 1. The van der Waals surface area contributed by atoms with Crippen molar-refractivity contribution in [1.29, 1.82) is 0 Å². The minimum Gasteiger partial charge on any atom is -0.501 e. The number of hydrogen-bond acceptors (Lipinski definition) is 8. The largest absolute Gasteiger partial charge is 0.501 e. The molecule has 12 heteroatoms. The summed E-state index contributed by atoms with van der Waals surface area (Å²) in [6.45, 7) is 4.64. The first-order chi connectivity index (χ1) is 17.8. The number of amides is 2. The molecule has 1 atom stereocenters. The van der Waals surface area contributed by atoms with Crippen LogP contribution < -0.4 is 26.0 Å². The van der Waals surface area contributed by atoms with Gasteiger partial charge in [0.05, 0.1) is 31.1 Å². The van der Waals surface area contributed by atoms with E-state index in [-0.39, 0.29) is 30.7 Å². The highest BCUT2D eigenvalue weighted by Crippen LogP contribution is 2.30. The molecule has 3 aromatic rings. The van der Waals surface area contributed by atoms with Crippen LogP contribution in [-0.4, -0.2) is 71.7 Å². The molecule has 2 aromatic heterocycles. The molecule has 194 valence electrons. The zero-order valence-electron chi connectivity index (χ0n) is 20.2. The number of anilines is 2.